The van der Waals surface area contributed by atoms with Gasteiger partial charge in [0.05, 0.1) is 44.6 Å². The van der Waals surface area contributed by atoms with Crippen molar-refractivity contribution in [3.8, 4) is 0 Å². The lowest BCUT2D eigenvalue weighted by Gasteiger charge is -2.43. The molecule has 1 fully saturated rings. The van der Waals surface area contributed by atoms with E-state index in [2.05, 4.69) is 28.3 Å². The number of esters is 1. The Bertz CT molecular complexity index is 654. The van der Waals surface area contributed by atoms with Crippen LogP contribution in [-0.4, -0.2) is 58.6 Å². The largest absolute Gasteiger partial charge is 1.00 e. The predicted molar refractivity (Wildman–Crippen MR) is 99.4 cm³/mol. The fourth-order valence-electron chi connectivity index (χ4n) is 3.14. The zero-order valence-electron chi connectivity index (χ0n) is 15.4. The number of nitroso groups, excluding NO2 is 1. The van der Waals surface area contributed by atoms with Gasteiger partial charge in [0.15, 0.2) is 6.04 Å². The van der Waals surface area contributed by atoms with Crippen LogP contribution in [0.5, 0.6) is 0 Å². The molecule has 0 radical (unpaired) electrons. The second-order valence-electron chi connectivity index (χ2n) is 6.45. The number of carbonyl (C=O) groups is 2. The molecular formula is C17H25ClN4O4S. The van der Waals surface area contributed by atoms with Crippen LogP contribution in [0.3, 0.4) is 0 Å². The van der Waals surface area contributed by atoms with Crippen LogP contribution in [0.15, 0.2) is 29.7 Å². The highest BCUT2D eigenvalue weighted by Gasteiger charge is 2.52. The molecule has 1 amide bonds. The molecule has 0 spiro atoms. The maximum Gasteiger partial charge on any atom is 0.331 e. The third-order valence-electron chi connectivity index (χ3n) is 4.95. The van der Waals surface area contributed by atoms with E-state index < -0.39 is 23.5 Å². The van der Waals surface area contributed by atoms with Gasteiger partial charge in [0.25, 0.3) is 5.91 Å². The fourth-order valence-corrected chi connectivity index (χ4v) is 3.34. The van der Waals surface area contributed by atoms with Gasteiger partial charge in [0, 0.05) is 25.2 Å². The molecule has 10 heteroatoms. The zero-order valence-corrected chi connectivity index (χ0v) is 17.1. The standard InChI is InChI=1S/C17H24N4O4S.ClH/c1-3-21(26)10-7-17(20-24,8-11-21)14(16(23)25-4-2)19-15(22)13-6-5-9-18-12-13;/h5-6,9,12,14,26H,3-4,7-8,10-11H2,1-2H3;1H. The second-order valence-corrected chi connectivity index (χ2v) is 7.30. The molecule has 8 nitrogen and oxygen atoms in total. The number of halogens is 1. The molecule has 0 bridgehead atoms. The van der Waals surface area contributed by atoms with Crippen molar-refractivity contribution >= 4 is 24.7 Å². The molecule has 2 heterocycles. The van der Waals surface area contributed by atoms with E-state index in [1.807, 2.05) is 6.92 Å². The molecule has 150 valence electrons. The molecule has 1 unspecified atom stereocenters. The van der Waals surface area contributed by atoms with Crippen molar-refractivity contribution in [3.63, 3.8) is 0 Å². The average Bonchev–Trinajstić information content (AvgIpc) is 2.68. The van der Waals surface area contributed by atoms with Gasteiger partial charge in [-0.15, -0.1) is 0 Å². The highest BCUT2D eigenvalue weighted by atomic mass is 35.5. The number of quaternary nitrogens is 1. The van der Waals surface area contributed by atoms with Gasteiger partial charge in [0.1, 0.15) is 5.54 Å². The smallest absolute Gasteiger partial charge is 0.331 e. The van der Waals surface area contributed by atoms with Crippen LogP contribution in [0.2, 0.25) is 0 Å². The monoisotopic (exact) mass is 416 g/mol. The number of rotatable bonds is 7. The summed E-state index contributed by atoms with van der Waals surface area (Å²) in [6.07, 6.45) is 3.62. The third-order valence-corrected chi connectivity index (χ3v) is 5.63. The van der Waals surface area contributed by atoms with E-state index in [4.69, 9.17) is 4.74 Å². The molecule has 1 saturated heterocycles. The lowest BCUT2D eigenvalue weighted by molar-refractivity contribution is -0.797. The summed E-state index contributed by atoms with van der Waals surface area (Å²) in [6.45, 7) is 5.78. The SMILES string of the molecule is CCOC(=O)C(NC(=O)c1cccnc1)C1(N=O)CC[N+](S)(CC)CC1.[Cl-]. The molecule has 27 heavy (non-hydrogen) atoms. The van der Waals surface area contributed by atoms with Gasteiger partial charge in [-0.05, 0) is 26.0 Å². The van der Waals surface area contributed by atoms with Crippen LogP contribution in [-0.2, 0) is 9.53 Å². The second kappa shape index (κ2) is 10.0. The first-order chi connectivity index (χ1) is 12.4. The van der Waals surface area contributed by atoms with Crippen molar-refractivity contribution in [1.82, 2.24) is 10.3 Å². The van der Waals surface area contributed by atoms with Gasteiger partial charge < -0.3 is 22.5 Å². The number of nitrogens with zero attached hydrogens (tertiary/aromatic N) is 3. The van der Waals surface area contributed by atoms with Crippen molar-refractivity contribution in [2.75, 3.05) is 26.2 Å². The average molecular weight is 417 g/mol. The normalized spacial score (nSPS) is 25.6. The van der Waals surface area contributed by atoms with Crippen molar-refractivity contribution in [2.45, 2.75) is 38.3 Å². The number of aromatic nitrogens is 1. The highest BCUT2D eigenvalue weighted by Crippen LogP contribution is 2.35. The Morgan fingerprint density at radius 3 is 2.56 bits per heavy atom. The maximum atomic E-state index is 12.5. The molecule has 1 aliphatic heterocycles. The van der Waals surface area contributed by atoms with Crippen LogP contribution < -0.4 is 17.7 Å². The van der Waals surface area contributed by atoms with E-state index in [9.17, 15) is 14.5 Å². The van der Waals surface area contributed by atoms with Crippen molar-refractivity contribution in [1.29, 1.82) is 0 Å². The Morgan fingerprint density at radius 1 is 1.41 bits per heavy atom. The number of hydrogen-bond acceptors (Lipinski definition) is 7. The van der Waals surface area contributed by atoms with Gasteiger partial charge in [-0.2, -0.15) is 4.91 Å². The van der Waals surface area contributed by atoms with Crippen LogP contribution in [0.4, 0.5) is 0 Å². The van der Waals surface area contributed by atoms with Crippen molar-refractivity contribution in [2.24, 2.45) is 5.18 Å². The van der Waals surface area contributed by atoms with E-state index in [0.717, 1.165) is 6.54 Å². The molecule has 1 aromatic rings. The van der Waals surface area contributed by atoms with E-state index in [1.165, 1.54) is 6.20 Å². The lowest BCUT2D eigenvalue weighted by atomic mass is 9.81. The quantitative estimate of drug-likeness (QED) is 0.250. The Hall–Kier alpha value is -1.71. The van der Waals surface area contributed by atoms with E-state index in [0.29, 0.717) is 35.4 Å². The number of nitrogens with one attached hydrogen (secondary N) is 1. The highest BCUT2D eigenvalue weighted by molar-refractivity contribution is 7.74. The number of carbonyl (C=O) groups excluding carboxylic acids is 2. The summed E-state index contributed by atoms with van der Waals surface area (Å²) in [5.74, 6) is -1.15. The predicted octanol–water partition coefficient (Wildman–Crippen LogP) is -1.27. The van der Waals surface area contributed by atoms with Gasteiger partial charge in [-0.1, -0.05) is 5.18 Å². The van der Waals surface area contributed by atoms with Gasteiger partial charge in [-0.3, -0.25) is 13.7 Å². The first-order valence-electron chi connectivity index (χ1n) is 8.70. The van der Waals surface area contributed by atoms with Crippen LogP contribution >= 0.6 is 12.8 Å². The summed E-state index contributed by atoms with van der Waals surface area (Å²) < 4.78 is 5.61. The van der Waals surface area contributed by atoms with E-state index >= 15 is 0 Å². The minimum absolute atomic E-state index is 0. The van der Waals surface area contributed by atoms with Crippen LogP contribution in [0, 0.1) is 4.91 Å². The lowest BCUT2D eigenvalue weighted by Crippen LogP contribution is -3.00. The summed E-state index contributed by atoms with van der Waals surface area (Å²) in [5.41, 5.74) is -0.949. The number of thiol groups is 1. The minimum atomic E-state index is -1.25. The number of pyridine rings is 1. The first kappa shape index (κ1) is 23.3. The van der Waals surface area contributed by atoms with Gasteiger partial charge >= 0.3 is 5.97 Å². The molecule has 1 N–H and O–H groups in total. The summed E-state index contributed by atoms with van der Waals surface area (Å²) in [7, 11) is 0. The summed E-state index contributed by atoms with van der Waals surface area (Å²) in [5, 5.41) is 5.95. The van der Waals surface area contributed by atoms with Crippen molar-refractivity contribution < 1.29 is 30.6 Å². The first-order valence-corrected chi connectivity index (χ1v) is 9.10. The minimum Gasteiger partial charge on any atom is -1.00 e. The maximum absolute atomic E-state index is 12.5. The topological polar surface area (TPSA) is 97.7 Å². The Kier molecular flexibility index (Phi) is 8.64. The Morgan fingerprint density at radius 2 is 2.07 bits per heavy atom. The summed E-state index contributed by atoms with van der Waals surface area (Å²) in [6, 6.07) is 2.06. The zero-order chi connectivity index (χ0) is 19.2. The van der Waals surface area contributed by atoms with E-state index in [1.54, 1.807) is 25.3 Å². The van der Waals surface area contributed by atoms with Crippen LogP contribution in [0.1, 0.15) is 37.0 Å². The number of amides is 1. The van der Waals surface area contributed by atoms with Gasteiger partial charge in [-0.25, -0.2) is 4.79 Å². The molecular weight excluding hydrogens is 392 g/mol. The summed E-state index contributed by atoms with van der Waals surface area (Å²) in [4.78, 5) is 40.8. The molecule has 0 aromatic carbocycles. The van der Waals surface area contributed by atoms with Gasteiger partial charge in [0.2, 0.25) is 0 Å². The number of piperidine rings is 1. The third kappa shape index (κ3) is 5.40. The molecule has 0 aliphatic carbocycles. The fraction of sp³-hybridized carbons (Fsp3) is 0.588. The van der Waals surface area contributed by atoms with Crippen molar-refractivity contribution in [3.05, 3.63) is 35.0 Å². The number of hydrogen-bond donors (Lipinski definition) is 2. The molecule has 0 saturated carbocycles. The van der Waals surface area contributed by atoms with Crippen LogP contribution in [0.25, 0.3) is 0 Å². The molecule has 2 rings (SSSR count). The molecule has 1 aromatic heterocycles. The molecule has 1 atom stereocenters. The number of likely N-dealkylation sites (tertiary alicyclic amines) is 1. The molecule has 1 aliphatic rings. The Balaban J connectivity index is 0.00000364. The summed E-state index contributed by atoms with van der Waals surface area (Å²) >= 11 is 4.64. The Labute approximate surface area is 170 Å². The number of ether oxygens (including phenoxy) is 1. The van der Waals surface area contributed by atoms with E-state index in [-0.39, 0.29) is 19.0 Å².